The van der Waals surface area contributed by atoms with E-state index in [-0.39, 0.29) is 18.2 Å². The van der Waals surface area contributed by atoms with Gasteiger partial charge in [-0.1, -0.05) is 12.1 Å². The first-order chi connectivity index (χ1) is 12.2. The summed E-state index contributed by atoms with van der Waals surface area (Å²) in [5.74, 6) is -1.12. The largest absolute Gasteiger partial charge is 0.573 e. The fraction of sp³-hybridized carbons (Fsp3) is 0.222. The lowest BCUT2D eigenvalue weighted by Gasteiger charge is -2.18. The van der Waals surface area contributed by atoms with Crippen LogP contribution < -0.4 is 4.74 Å². The van der Waals surface area contributed by atoms with Gasteiger partial charge < -0.3 is 14.4 Å². The van der Waals surface area contributed by atoms with Crippen LogP contribution in [-0.2, 0) is 11.3 Å². The predicted octanol–water partition coefficient (Wildman–Crippen LogP) is 3.64. The highest BCUT2D eigenvalue weighted by Gasteiger charge is 2.30. The van der Waals surface area contributed by atoms with Gasteiger partial charge >= 0.3 is 12.3 Å². The Bertz CT molecular complexity index is 771. The van der Waals surface area contributed by atoms with E-state index in [0.29, 0.717) is 16.7 Å². The van der Waals surface area contributed by atoms with Gasteiger partial charge in [-0.05, 0) is 42.0 Å². The van der Waals surface area contributed by atoms with Crippen molar-refractivity contribution in [3.63, 3.8) is 0 Å². The molecule has 0 aromatic heterocycles. The third kappa shape index (κ3) is 5.23. The number of benzene rings is 2. The SMILES string of the molecule is COC(=O)c1ccc(C(=O)N(C)Cc2ccc(OC(F)(F)F)cc2)cc1. The fourth-order valence-corrected chi connectivity index (χ4v) is 2.23. The first-order valence-electron chi connectivity index (χ1n) is 7.48. The van der Waals surface area contributed by atoms with Crippen LogP contribution in [0.3, 0.4) is 0 Å². The van der Waals surface area contributed by atoms with Crippen LogP contribution in [-0.4, -0.2) is 37.3 Å². The van der Waals surface area contributed by atoms with Crippen molar-refractivity contribution in [2.45, 2.75) is 12.9 Å². The number of halogens is 3. The minimum atomic E-state index is -4.75. The molecule has 0 saturated heterocycles. The predicted molar refractivity (Wildman–Crippen MR) is 86.7 cm³/mol. The third-order valence-electron chi connectivity index (χ3n) is 3.48. The van der Waals surface area contributed by atoms with E-state index in [4.69, 9.17) is 0 Å². The van der Waals surface area contributed by atoms with Gasteiger partial charge in [0.15, 0.2) is 0 Å². The average molecular weight is 367 g/mol. The molecule has 0 N–H and O–H groups in total. The van der Waals surface area contributed by atoms with E-state index in [1.807, 2.05) is 0 Å². The molecule has 26 heavy (non-hydrogen) atoms. The molecule has 0 aliphatic carbocycles. The summed E-state index contributed by atoms with van der Waals surface area (Å²) in [7, 11) is 2.83. The van der Waals surface area contributed by atoms with Crippen LogP contribution >= 0.6 is 0 Å². The normalized spacial score (nSPS) is 11.0. The molecule has 2 aromatic rings. The smallest absolute Gasteiger partial charge is 0.465 e. The molecule has 5 nitrogen and oxygen atoms in total. The van der Waals surface area contributed by atoms with Gasteiger partial charge in [0, 0.05) is 19.2 Å². The molecule has 138 valence electrons. The van der Waals surface area contributed by atoms with Crippen molar-refractivity contribution in [1.82, 2.24) is 4.90 Å². The molecule has 1 amide bonds. The number of carbonyl (C=O) groups is 2. The Morgan fingerprint density at radius 1 is 0.962 bits per heavy atom. The number of ether oxygens (including phenoxy) is 2. The molecule has 0 bridgehead atoms. The minimum Gasteiger partial charge on any atom is -0.465 e. The molecule has 0 aliphatic heterocycles. The first kappa shape index (κ1) is 19.3. The van der Waals surface area contributed by atoms with Gasteiger partial charge in [-0.2, -0.15) is 0 Å². The monoisotopic (exact) mass is 367 g/mol. The van der Waals surface area contributed by atoms with Crippen LogP contribution in [0.1, 0.15) is 26.3 Å². The summed E-state index contributed by atoms with van der Waals surface area (Å²) in [6, 6.07) is 11.2. The van der Waals surface area contributed by atoms with Gasteiger partial charge in [-0.15, -0.1) is 13.2 Å². The number of methoxy groups -OCH3 is 1. The van der Waals surface area contributed by atoms with Gasteiger partial charge in [0.25, 0.3) is 5.91 Å². The standard InChI is InChI=1S/C18H16F3NO4/c1-22(11-12-3-9-15(10-4-12)26-18(19,20)21)16(23)13-5-7-14(8-6-13)17(24)25-2/h3-10H,11H2,1-2H3. The van der Waals surface area contributed by atoms with Crippen LogP contribution in [0.15, 0.2) is 48.5 Å². The van der Waals surface area contributed by atoms with Gasteiger partial charge in [0.05, 0.1) is 12.7 Å². The van der Waals surface area contributed by atoms with Gasteiger partial charge in [-0.3, -0.25) is 4.79 Å². The van der Waals surface area contributed by atoms with Crippen molar-refractivity contribution in [2.75, 3.05) is 14.2 Å². The number of amides is 1. The van der Waals surface area contributed by atoms with E-state index in [1.54, 1.807) is 7.05 Å². The van der Waals surface area contributed by atoms with Crippen molar-refractivity contribution in [3.8, 4) is 5.75 Å². The topological polar surface area (TPSA) is 55.8 Å². The molecule has 0 atom stereocenters. The Kier molecular flexibility index (Phi) is 5.86. The number of esters is 1. The summed E-state index contributed by atoms with van der Waals surface area (Å²) in [4.78, 5) is 25.2. The lowest BCUT2D eigenvalue weighted by atomic mass is 10.1. The minimum absolute atomic E-state index is 0.198. The van der Waals surface area contributed by atoms with Gasteiger partial charge in [0.2, 0.25) is 0 Å². The molecule has 2 rings (SSSR count). The summed E-state index contributed by atoms with van der Waals surface area (Å²) in [6.07, 6.45) is -4.75. The Labute approximate surface area is 147 Å². The number of hydrogen-bond donors (Lipinski definition) is 0. The summed E-state index contributed by atoms with van der Waals surface area (Å²) >= 11 is 0. The van der Waals surface area contributed by atoms with E-state index in [1.165, 1.54) is 60.5 Å². The van der Waals surface area contributed by atoms with E-state index in [2.05, 4.69) is 9.47 Å². The molecular weight excluding hydrogens is 351 g/mol. The molecule has 0 unspecified atom stereocenters. The van der Waals surface area contributed by atoms with Crippen LogP contribution in [0.25, 0.3) is 0 Å². The summed E-state index contributed by atoms with van der Waals surface area (Å²) in [5.41, 5.74) is 1.34. The Hall–Kier alpha value is -3.03. The molecule has 2 aromatic carbocycles. The molecule has 0 heterocycles. The highest BCUT2D eigenvalue weighted by Crippen LogP contribution is 2.23. The molecular formula is C18H16F3NO4. The lowest BCUT2D eigenvalue weighted by Crippen LogP contribution is -2.26. The molecule has 0 fully saturated rings. The second kappa shape index (κ2) is 7.90. The maximum Gasteiger partial charge on any atom is 0.573 e. The summed E-state index contributed by atoms with van der Waals surface area (Å²) < 4.78 is 44.8. The highest BCUT2D eigenvalue weighted by atomic mass is 19.4. The molecule has 0 aliphatic rings. The fourth-order valence-electron chi connectivity index (χ4n) is 2.23. The zero-order chi connectivity index (χ0) is 19.3. The Morgan fingerprint density at radius 2 is 1.50 bits per heavy atom. The Balaban J connectivity index is 2.01. The van der Waals surface area contributed by atoms with Gasteiger partial charge in [0.1, 0.15) is 5.75 Å². The van der Waals surface area contributed by atoms with Crippen molar-refractivity contribution in [3.05, 3.63) is 65.2 Å². The lowest BCUT2D eigenvalue weighted by molar-refractivity contribution is -0.274. The Morgan fingerprint density at radius 3 is 2.00 bits per heavy atom. The zero-order valence-electron chi connectivity index (χ0n) is 14.0. The van der Waals surface area contributed by atoms with E-state index in [0.717, 1.165) is 0 Å². The van der Waals surface area contributed by atoms with E-state index < -0.39 is 12.3 Å². The first-order valence-corrected chi connectivity index (χ1v) is 7.48. The van der Waals surface area contributed by atoms with Crippen LogP contribution in [0, 0.1) is 0 Å². The summed E-state index contributed by atoms with van der Waals surface area (Å²) in [5, 5.41) is 0. The number of nitrogens with zero attached hydrogens (tertiary/aromatic N) is 1. The van der Waals surface area contributed by atoms with Crippen LogP contribution in [0.5, 0.6) is 5.75 Å². The average Bonchev–Trinajstić information content (AvgIpc) is 2.61. The van der Waals surface area contributed by atoms with E-state index >= 15 is 0 Å². The maximum absolute atomic E-state index is 12.4. The molecule has 8 heteroatoms. The summed E-state index contributed by atoms with van der Waals surface area (Å²) in [6.45, 7) is 0.198. The molecule has 0 radical (unpaired) electrons. The van der Waals surface area contributed by atoms with Crippen molar-refractivity contribution >= 4 is 11.9 Å². The number of carbonyl (C=O) groups excluding carboxylic acids is 2. The molecule has 0 saturated carbocycles. The highest BCUT2D eigenvalue weighted by molar-refractivity contribution is 5.96. The van der Waals surface area contributed by atoms with Crippen molar-refractivity contribution < 1.29 is 32.2 Å². The van der Waals surface area contributed by atoms with Crippen LogP contribution in [0.2, 0.25) is 0 Å². The number of rotatable bonds is 5. The third-order valence-corrected chi connectivity index (χ3v) is 3.48. The van der Waals surface area contributed by atoms with Gasteiger partial charge in [-0.25, -0.2) is 4.79 Å². The van der Waals surface area contributed by atoms with Crippen LogP contribution in [0.4, 0.5) is 13.2 Å². The number of hydrogen-bond acceptors (Lipinski definition) is 4. The zero-order valence-corrected chi connectivity index (χ0v) is 14.0. The maximum atomic E-state index is 12.4. The second-order valence-electron chi connectivity index (χ2n) is 5.42. The number of alkyl halides is 3. The molecule has 0 spiro atoms. The van der Waals surface area contributed by atoms with E-state index in [9.17, 15) is 22.8 Å². The second-order valence-corrected chi connectivity index (χ2v) is 5.42. The van der Waals surface area contributed by atoms with Crippen molar-refractivity contribution in [2.24, 2.45) is 0 Å². The van der Waals surface area contributed by atoms with Crippen molar-refractivity contribution in [1.29, 1.82) is 0 Å². The quantitative estimate of drug-likeness (QED) is 0.757.